The second-order valence-electron chi connectivity index (χ2n) is 5.60. The monoisotopic (exact) mass is 296 g/mol. The van der Waals surface area contributed by atoms with Gasteiger partial charge in [0.2, 0.25) is 0 Å². The molecule has 1 saturated heterocycles. The van der Waals surface area contributed by atoms with E-state index >= 15 is 0 Å². The molecule has 2 aromatic carbocycles. The van der Waals surface area contributed by atoms with Crippen LogP contribution in [0.1, 0.15) is 22.3 Å². The van der Waals surface area contributed by atoms with Crippen molar-refractivity contribution < 1.29 is 9.53 Å². The van der Waals surface area contributed by atoms with Gasteiger partial charge in [0.1, 0.15) is 12.4 Å². The minimum absolute atomic E-state index is 0.0588. The predicted octanol–water partition coefficient (Wildman–Crippen LogP) is 2.44. The van der Waals surface area contributed by atoms with Crippen molar-refractivity contribution in [2.45, 2.75) is 19.1 Å². The fraction of sp³-hybridized carbons (Fsp3) is 0.278. The molecule has 0 radical (unpaired) electrons. The Morgan fingerprint density at radius 2 is 1.86 bits per heavy atom. The Labute approximate surface area is 130 Å². The van der Waals surface area contributed by atoms with Crippen LogP contribution in [0, 0.1) is 0 Å². The number of para-hydroxylation sites is 1. The lowest BCUT2D eigenvalue weighted by Gasteiger charge is -2.16. The van der Waals surface area contributed by atoms with Crippen molar-refractivity contribution in [1.82, 2.24) is 4.90 Å². The van der Waals surface area contributed by atoms with Gasteiger partial charge in [-0.15, -0.1) is 0 Å². The number of hydrogen-bond acceptors (Lipinski definition) is 3. The van der Waals surface area contributed by atoms with Crippen molar-refractivity contribution in [2.75, 3.05) is 13.1 Å². The number of hydrogen-bond donors (Lipinski definition) is 1. The van der Waals surface area contributed by atoms with Gasteiger partial charge >= 0.3 is 0 Å². The van der Waals surface area contributed by atoms with Crippen LogP contribution >= 0.6 is 0 Å². The number of ether oxygens (including phenoxy) is 1. The van der Waals surface area contributed by atoms with Crippen molar-refractivity contribution in [3.8, 4) is 5.75 Å². The topological polar surface area (TPSA) is 55.6 Å². The van der Waals surface area contributed by atoms with E-state index < -0.39 is 0 Å². The maximum absolute atomic E-state index is 12.3. The smallest absolute Gasteiger partial charge is 0.253 e. The van der Waals surface area contributed by atoms with E-state index in [1.165, 1.54) is 0 Å². The molecule has 0 saturated carbocycles. The van der Waals surface area contributed by atoms with Crippen LogP contribution < -0.4 is 10.5 Å². The highest BCUT2D eigenvalue weighted by Crippen LogP contribution is 2.15. The molecule has 0 unspecified atom stereocenters. The average molecular weight is 296 g/mol. The molecule has 0 aromatic heterocycles. The highest BCUT2D eigenvalue weighted by atomic mass is 16.5. The van der Waals surface area contributed by atoms with E-state index in [0.29, 0.717) is 18.7 Å². The van der Waals surface area contributed by atoms with Crippen LogP contribution in [0.4, 0.5) is 0 Å². The summed E-state index contributed by atoms with van der Waals surface area (Å²) in [7, 11) is 0. The van der Waals surface area contributed by atoms with Crippen LogP contribution in [0.25, 0.3) is 0 Å². The van der Waals surface area contributed by atoms with E-state index in [-0.39, 0.29) is 11.9 Å². The predicted molar refractivity (Wildman–Crippen MR) is 85.7 cm³/mol. The summed E-state index contributed by atoms with van der Waals surface area (Å²) in [6, 6.07) is 17.4. The molecule has 22 heavy (non-hydrogen) atoms. The largest absolute Gasteiger partial charge is 0.489 e. The SMILES string of the molecule is N[C@@H]1CCN(C(=O)c2ccc(COc3ccccc3)cc2)C1. The first-order valence-corrected chi connectivity index (χ1v) is 7.54. The first kappa shape index (κ1) is 14.6. The van der Waals surface area contributed by atoms with Crippen LogP contribution in [0.3, 0.4) is 0 Å². The number of carbonyl (C=O) groups is 1. The summed E-state index contributed by atoms with van der Waals surface area (Å²) in [5.74, 6) is 0.900. The molecule has 1 fully saturated rings. The molecule has 4 nitrogen and oxygen atoms in total. The number of carbonyl (C=O) groups excluding carboxylic acids is 1. The number of rotatable bonds is 4. The standard InChI is InChI=1S/C18H20N2O2/c19-16-10-11-20(12-16)18(21)15-8-6-14(7-9-15)13-22-17-4-2-1-3-5-17/h1-9,16H,10-13,19H2/t16-/m1/s1. The number of likely N-dealkylation sites (tertiary alicyclic amines) is 1. The molecular weight excluding hydrogens is 276 g/mol. The summed E-state index contributed by atoms with van der Waals surface area (Å²) >= 11 is 0. The Hall–Kier alpha value is -2.33. The maximum atomic E-state index is 12.3. The number of benzene rings is 2. The van der Waals surface area contributed by atoms with Gasteiger partial charge in [-0.3, -0.25) is 4.79 Å². The van der Waals surface area contributed by atoms with Crippen molar-refractivity contribution in [2.24, 2.45) is 5.73 Å². The lowest BCUT2D eigenvalue weighted by molar-refractivity contribution is 0.0791. The second kappa shape index (κ2) is 6.62. The van der Waals surface area contributed by atoms with Gasteiger partial charge in [-0.1, -0.05) is 30.3 Å². The number of nitrogens with zero attached hydrogens (tertiary/aromatic N) is 1. The summed E-state index contributed by atoms with van der Waals surface area (Å²) in [6.07, 6.45) is 0.884. The van der Waals surface area contributed by atoms with Gasteiger partial charge in [0.05, 0.1) is 0 Å². The van der Waals surface area contributed by atoms with Crippen LogP contribution in [0.15, 0.2) is 54.6 Å². The van der Waals surface area contributed by atoms with Crippen molar-refractivity contribution >= 4 is 5.91 Å². The summed E-state index contributed by atoms with van der Waals surface area (Å²) < 4.78 is 5.69. The quantitative estimate of drug-likeness (QED) is 0.943. The van der Waals surface area contributed by atoms with Crippen LogP contribution in [0.5, 0.6) is 5.75 Å². The second-order valence-corrected chi connectivity index (χ2v) is 5.60. The summed E-state index contributed by atoms with van der Waals surface area (Å²) in [6.45, 7) is 1.89. The molecule has 114 valence electrons. The number of amides is 1. The van der Waals surface area contributed by atoms with Gasteiger partial charge in [0.15, 0.2) is 0 Å². The molecule has 3 rings (SSSR count). The minimum Gasteiger partial charge on any atom is -0.489 e. The molecule has 4 heteroatoms. The van der Waals surface area contributed by atoms with E-state index in [0.717, 1.165) is 24.3 Å². The summed E-state index contributed by atoms with van der Waals surface area (Å²) in [5, 5.41) is 0. The molecule has 1 amide bonds. The lowest BCUT2D eigenvalue weighted by Crippen LogP contribution is -2.31. The van der Waals surface area contributed by atoms with Crippen molar-refractivity contribution in [1.29, 1.82) is 0 Å². The minimum atomic E-state index is 0.0588. The molecule has 1 aliphatic heterocycles. The fourth-order valence-electron chi connectivity index (χ4n) is 2.58. The van der Waals surface area contributed by atoms with Gasteiger partial charge in [-0.25, -0.2) is 0 Å². The number of nitrogens with two attached hydrogens (primary N) is 1. The zero-order valence-corrected chi connectivity index (χ0v) is 12.4. The molecule has 0 aliphatic carbocycles. The Morgan fingerprint density at radius 3 is 2.50 bits per heavy atom. The van der Waals surface area contributed by atoms with Gasteiger partial charge in [0.25, 0.3) is 5.91 Å². The van der Waals surface area contributed by atoms with Crippen molar-refractivity contribution in [3.63, 3.8) is 0 Å². The normalized spacial score (nSPS) is 17.5. The molecule has 1 atom stereocenters. The van der Waals surface area contributed by atoms with E-state index in [2.05, 4.69) is 0 Å². The van der Waals surface area contributed by atoms with Crippen LogP contribution in [0.2, 0.25) is 0 Å². The zero-order chi connectivity index (χ0) is 15.4. The third-order valence-corrected chi connectivity index (χ3v) is 3.86. The van der Waals surface area contributed by atoms with Crippen LogP contribution in [-0.4, -0.2) is 29.9 Å². The average Bonchev–Trinajstić information content (AvgIpc) is 3.00. The van der Waals surface area contributed by atoms with E-state index in [4.69, 9.17) is 10.5 Å². The molecule has 0 bridgehead atoms. The van der Waals surface area contributed by atoms with Gasteiger partial charge in [-0.05, 0) is 36.2 Å². The molecule has 2 aromatic rings. The van der Waals surface area contributed by atoms with Crippen LogP contribution in [-0.2, 0) is 6.61 Å². The Morgan fingerprint density at radius 1 is 1.14 bits per heavy atom. The van der Waals surface area contributed by atoms with E-state index in [1.807, 2.05) is 59.5 Å². The van der Waals surface area contributed by atoms with Gasteiger partial charge in [0, 0.05) is 24.7 Å². The molecule has 2 N–H and O–H groups in total. The third kappa shape index (κ3) is 3.46. The van der Waals surface area contributed by atoms with E-state index in [9.17, 15) is 4.79 Å². The molecular formula is C18H20N2O2. The molecule has 1 aliphatic rings. The maximum Gasteiger partial charge on any atom is 0.253 e. The summed E-state index contributed by atoms with van der Waals surface area (Å²) in [5.41, 5.74) is 7.60. The molecule has 0 spiro atoms. The van der Waals surface area contributed by atoms with Gasteiger partial charge < -0.3 is 15.4 Å². The highest BCUT2D eigenvalue weighted by molar-refractivity contribution is 5.94. The highest BCUT2D eigenvalue weighted by Gasteiger charge is 2.24. The Kier molecular flexibility index (Phi) is 4.39. The molecule has 1 heterocycles. The summed E-state index contributed by atoms with van der Waals surface area (Å²) in [4.78, 5) is 14.1. The Bertz CT molecular complexity index is 625. The van der Waals surface area contributed by atoms with Gasteiger partial charge in [-0.2, -0.15) is 0 Å². The first-order chi connectivity index (χ1) is 10.7. The first-order valence-electron chi connectivity index (χ1n) is 7.54. The Balaban J connectivity index is 1.59. The van der Waals surface area contributed by atoms with E-state index in [1.54, 1.807) is 0 Å². The fourth-order valence-corrected chi connectivity index (χ4v) is 2.58. The zero-order valence-electron chi connectivity index (χ0n) is 12.4. The van der Waals surface area contributed by atoms with Crippen molar-refractivity contribution in [3.05, 3.63) is 65.7 Å². The third-order valence-electron chi connectivity index (χ3n) is 3.86. The lowest BCUT2D eigenvalue weighted by atomic mass is 10.1.